The molecule has 0 atom stereocenters. The Morgan fingerprint density at radius 3 is 2.67 bits per heavy atom. The summed E-state index contributed by atoms with van der Waals surface area (Å²) in [6.45, 7) is -0.601. The van der Waals surface area contributed by atoms with Gasteiger partial charge in [-0.05, 0) is 30.3 Å². The number of ether oxygens (including phenoxy) is 1. The van der Waals surface area contributed by atoms with Crippen molar-refractivity contribution in [1.82, 2.24) is 0 Å². The lowest BCUT2D eigenvalue weighted by molar-refractivity contribution is -0.119. The topological polar surface area (TPSA) is 79.2 Å². The molecule has 0 saturated heterocycles. The van der Waals surface area contributed by atoms with Gasteiger partial charge in [0, 0.05) is 5.69 Å². The monoisotopic (exact) mass is 366 g/mol. The molecule has 0 fully saturated rings. The van der Waals surface area contributed by atoms with Gasteiger partial charge >= 0.3 is 5.97 Å². The number of carbonyl (C=O) groups is 2. The molecule has 0 aromatic heterocycles. The van der Waals surface area contributed by atoms with E-state index < -0.39 is 24.3 Å². The maximum Gasteiger partial charge on any atom is 0.340 e. The summed E-state index contributed by atoms with van der Waals surface area (Å²) < 4.78 is 18.2. The molecule has 0 aliphatic heterocycles. The molecule has 8 heteroatoms. The van der Waals surface area contributed by atoms with Gasteiger partial charge in [0.15, 0.2) is 6.61 Å². The van der Waals surface area contributed by atoms with Crippen LogP contribution in [0.25, 0.3) is 0 Å². The van der Waals surface area contributed by atoms with E-state index in [-0.39, 0.29) is 15.6 Å². The standard InChI is InChI=1S/C16H9Cl2FN2O3/c17-12-6-13(18)14(19)5-11(12)16(23)24-8-15(22)21-10-3-1-2-9(4-10)7-20/h1-6H,8H2,(H,21,22). The van der Waals surface area contributed by atoms with E-state index in [1.807, 2.05) is 6.07 Å². The Labute approximate surface area is 146 Å². The lowest BCUT2D eigenvalue weighted by Crippen LogP contribution is -2.21. The Hall–Kier alpha value is -2.62. The molecule has 2 aromatic carbocycles. The molecule has 0 saturated carbocycles. The summed E-state index contributed by atoms with van der Waals surface area (Å²) in [5, 5.41) is 10.9. The molecule has 0 aliphatic carbocycles. The van der Waals surface area contributed by atoms with Crippen LogP contribution in [0.4, 0.5) is 10.1 Å². The molecule has 2 rings (SSSR count). The van der Waals surface area contributed by atoms with Gasteiger partial charge in [-0.3, -0.25) is 4.79 Å². The number of rotatable bonds is 4. The average molecular weight is 367 g/mol. The van der Waals surface area contributed by atoms with Crippen molar-refractivity contribution in [1.29, 1.82) is 5.26 Å². The molecule has 0 spiro atoms. The lowest BCUT2D eigenvalue weighted by Gasteiger charge is -2.08. The molecular weight excluding hydrogens is 358 g/mol. The molecule has 0 aliphatic rings. The highest BCUT2D eigenvalue weighted by atomic mass is 35.5. The third-order valence-electron chi connectivity index (χ3n) is 2.84. The van der Waals surface area contributed by atoms with E-state index in [2.05, 4.69) is 5.32 Å². The van der Waals surface area contributed by atoms with E-state index in [9.17, 15) is 14.0 Å². The second-order valence-electron chi connectivity index (χ2n) is 4.56. The van der Waals surface area contributed by atoms with Crippen LogP contribution in [0, 0.1) is 17.1 Å². The van der Waals surface area contributed by atoms with E-state index in [0.29, 0.717) is 11.3 Å². The Bertz CT molecular complexity index is 850. The molecule has 0 radical (unpaired) electrons. The van der Waals surface area contributed by atoms with E-state index in [1.54, 1.807) is 18.2 Å². The Morgan fingerprint density at radius 2 is 1.96 bits per heavy atom. The zero-order chi connectivity index (χ0) is 17.7. The smallest absolute Gasteiger partial charge is 0.340 e. The van der Waals surface area contributed by atoms with Crippen LogP contribution in [0.3, 0.4) is 0 Å². The van der Waals surface area contributed by atoms with Crippen molar-refractivity contribution >= 4 is 40.8 Å². The first-order valence-electron chi connectivity index (χ1n) is 6.52. The highest BCUT2D eigenvalue weighted by molar-refractivity contribution is 6.36. The minimum atomic E-state index is -0.962. The van der Waals surface area contributed by atoms with Crippen LogP contribution in [-0.2, 0) is 9.53 Å². The van der Waals surface area contributed by atoms with Crippen molar-refractivity contribution in [3.05, 3.63) is 63.4 Å². The van der Waals surface area contributed by atoms with E-state index in [1.165, 1.54) is 6.07 Å². The number of amides is 1. The Balaban J connectivity index is 1.97. The Kier molecular flexibility index (Phi) is 5.74. The molecule has 2 aromatic rings. The van der Waals surface area contributed by atoms with Crippen LogP contribution < -0.4 is 5.32 Å². The highest BCUT2D eigenvalue weighted by Crippen LogP contribution is 2.24. The number of halogens is 3. The van der Waals surface area contributed by atoms with Gasteiger partial charge in [-0.2, -0.15) is 5.26 Å². The van der Waals surface area contributed by atoms with Gasteiger partial charge in [0.2, 0.25) is 0 Å². The molecule has 0 bridgehead atoms. The van der Waals surface area contributed by atoms with Gasteiger partial charge in [0.25, 0.3) is 5.91 Å². The summed E-state index contributed by atoms with van der Waals surface area (Å²) in [5.74, 6) is -2.41. The second-order valence-corrected chi connectivity index (χ2v) is 5.38. The fraction of sp³-hybridized carbons (Fsp3) is 0.0625. The summed E-state index contributed by atoms with van der Waals surface area (Å²) in [5.41, 5.74) is 0.511. The third kappa shape index (κ3) is 4.44. The molecule has 0 unspecified atom stereocenters. The van der Waals surface area contributed by atoms with Crippen molar-refractivity contribution in [2.24, 2.45) is 0 Å². The van der Waals surface area contributed by atoms with Gasteiger partial charge in [-0.25, -0.2) is 9.18 Å². The zero-order valence-electron chi connectivity index (χ0n) is 12.0. The first-order chi connectivity index (χ1) is 11.4. The second kappa shape index (κ2) is 7.77. The molecule has 5 nitrogen and oxygen atoms in total. The third-order valence-corrected chi connectivity index (χ3v) is 3.44. The number of carbonyl (C=O) groups excluding carboxylic acids is 2. The molecule has 0 heterocycles. The van der Waals surface area contributed by atoms with Crippen LogP contribution in [0.15, 0.2) is 36.4 Å². The Morgan fingerprint density at radius 1 is 1.21 bits per heavy atom. The fourth-order valence-corrected chi connectivity index (χ4v) is 2.21. The number of nitrogens with zero attached hydrogens (tertiary/aromatic N) is 1. The average Bonchev–Trinajstić information content (AvgIpc) is 2.56. The van der Waals surface area contributed by atoms with Gasteiger partial charge < -0.3 is 10.1 Å². The zero-order valence-corrected chi connectivity index (χ0v) is 13.5. The maximum absolute atomic E-state index is 13.4. The number of hydrogen-bond donors (Lipinski definition) is 1. The van der Waals surface area contributed by atoms with Crippen LogP contribution >= 0.6 is 23.2 Å². The largest absolute Gasteiger partial charge is 0.452 e. The predicted octanol–water partition coefficient (Wildman–Crippen LogP) is 3.80. The minimum absolute atomic E-state index is 0.0893. The summed E-state index contributed by atoms with van der Waals surface area (Å²) >= 11 is 11.3. The molecule has 1 N–H and O–H groups in total. The highest BCUT2D eigenvalue weighted by Gasteiger charge is 2.17. The van der Waals surface area contributed by atoms with Gasteiger partial charge in [0.1, 0.15) is 5.82 Å². The van der Waals surface area contributed by atoms with Gasteiger partial charge in [-0.1, -0.05) is 29.3 Å². The molecule has 122 valence electrons. The van der Waals surface area contributed by atoms with Gasteiger partial charge in [-0.15, -0.1) is 0 Å². The summed E-state index contributed by atoms with van der Waals surface area (Å²) in [6, 6.07) is 10.0. The van der Waals surface area contributed by atoms with E-state index in [0.717, 1.165) is 12.1 Å². The minimum Gasteiger partial charge on any atom is -0.452 e. The molecule has 1 amide bonds. The van der Waals surface area contributed by atoms with Crippen molar-refractivity contribution in [3.8, 4) is 6.07 Å². The van der Waals surface area contributed by atoms with E-state index in [4.69, 9.17) is 33.2 Å². The predicted molar refractivity (Wildman–Crippen MR) is 86.5 cm³/mol. The van der Waals surface area contributed by atoms with Crippen LogP contribution in [0.2, 0.25) is 10.0 Å². The number of benzene rings is 2. The van der Waals surface area contributed by atoms with E-state index >= 15 is 0 Å². The van der Waals surface area contributed by atoms with Crippen molar-refractivity contribution < 1.29 is 18.7 Å². The molecule has 24 heavy (non-hydrogen) atoms. The van der Waals surface area contributed by atoms with Crippen molar-refractivity contribution in [3.63, 3.8) is 0 Å². The normalized spacial score (nSPS) is 9.92. The van der Waals surface area contributed by atoms with Crippen LogP contribution in [0.5, 0.6) is 0 Å². The number of esters is 1. The maximum atomic E-state index is 13.4. The van der Waals surface area contributed by atoms with Crippen LogP contribution in [-0.4, -0.2) is 18.5 Å². The first kappa shape index (κ1) is 17.7. The summed E-state index contributed by atoms with van der Waals surface area (Å²) in [4.78, 5) is 23.6. The lowest BCUT2D eigenvalue weighted by atomic mass is 10.2. The number of nitriles is 1. The first-order valence-corrected chi connectivity index (χ1v) is 7.28. The number of hydrogen-bond acceptors (Lipinski definition) is 4. The quantitative estimate of drug-likeness (QED) is 0.659. The summed E-state index contributed by atoms with van der Waals surface area (Å²) in [7, 11) is 0. The van der Waals surface area contributed by atoms with Crippen LogP contribution in [0.1, 0.15) is 15.9 Å². The SMILES string of the molecule is N#Cc1cccc(NC(=O)COC(=O)c2cc(F)c(Cl)cc2Cl)c1. The fourth-order valence-electron chi connectivity index (χ4n) is 1.75. The molecular formula is C16H9Cl2FN2O3. The van der Waals surface area contributed by atoms with Gasteiger partial charge in [0.05, 0.1) is 27.2 Å². The summed E-state index contributed by atoms with van der Waals surface area (Å²) in [6.07, 6.45) is 0. The number of anilines is 1. The van der Waals surface area contributed by atoms with Crippen molar-refractivity contribution in [2.75, 3.05) is 11.9 Å². The number of nitrogens with one attached hydrogen (secondary N) is 1. The van der Waals surface area contributed by atoms with Crippen molar-refractivity contribution in [2.45, 2.75) is 0 Å².